The Morgan fingerprint density at radius 2 is 1.94 bits per heavy atom. The molecule has 0 aliphatic carbocycles. The van der Waals surface area contributed by atoms with Crippen LogP contribution in [0.5, 0.6) is 5.75 Å². The third kappa shape index (κ3) is 4.37. The first kappa shape index (κ1) is 15.2. The molecule has 4 heteroatoms. The van der Waals surface area contributed by atoms with Crippen molar-refractivity contribution in [2.24, 2.45) is 11.7 Å². The van der Waals surface area contributed by atoms with E-state index in [2.05, 4.69) is 0 Å². The molecule has 1 aromatic rings. The van der Waals surface area contributed by atoms with Crippen LogP contribution in [0.25, 0.3) is 0 Å². The standard InChI is InChI=1S/C12H18FNO.ClH/c1-8(2)7-15-12-6-10(9(3)14)4-5-11(12)13;/h4-6,8-9H,7,14H2,1-3H3;1H. The maximum atomic E-state index is 13.3. The number of nitrogens with two attached hydrogens (primary N) is 1. The first-order valence-corrected chi connectivity index (χ1v) is 5.18. The van der Waals surface area contributed by atoms with Gasteiger partial charge in [-0.1, -0.05) is 19.9 Å². The lowest BCUT2D eigenvalue weighted by molar-refractivity contribution is 0.259. The topological polar surface area (TPSA) is 35.2 Å². The third-order valence-electron chi connectivity index (χ3n) is 2.05. The molecule has 1 atom stereocenters. The highest BCUT2D eigenvalue weighted by atomic mass is 35.5. The number of hydrogen-bond donors (Lipinski definition) is 1. The number of halogens is 2. The largest absolute Gasteiger partial charge is 0.490 e. The number of rotatable bonds is 4. The highest BCUT2D eigenvalue weighted by molar-refractivity contribution is 5.85. The Hall–Kier alpha value is -0.800. The van der Waals surface area contributed by atoms with E-state index in [0.717, 1.165) is 5.56 Å². The molecule has 92 valence electrons. The first-order valence-electron chi connectivity index (χ1n) is 5.18. The molecule has 0 aliphatic rings. The smallest absolute Gasteiger partial charge is 0.165 e. The summed E-state index contributed by atoms with van der Waals surface area (Å²) in [6.45, 7) is 6.42. The zero-order valence-corrected chi connectivity index (χ0v) is 10.7. The molecule has 0 radical (unpaired) electrons. The van der Waals surface area contributed by atoms with Crippen LogP contribution in [-0.4, -0.2) is 6.61 Å². The van der Waals surface area contributed by atoms with Crippen molar-refractivity contribution in [3.05, 3.63) is 29.6 Å². The first-order chi connectivity index (χ1) is 7.00. The van der Waals surface area contributed by atoms with Gasteiger partial charge in [-0.2, -0.15) is 0 Å². The van der Waals surface area contributed by atoms with Crippen molar-refractivity contribution < 1.29 is 9.13 Å². The van der Waals surface area contributed by atoms with Crippen LogP contribution in [0.3, 0.4) is 0 Å². The zero-order valence-electron chi connectivity index (χ0n) is 9.87. The Morgan fingerprint density at radius 1 is 1.31 bits per heavy atom. The minimum absolute atomic E-state index is 0. The fourth-order valence-electron chi connectivity index (χ4n) is 1.17. The van der Waals surface area contributed by atoms with Crippen molar-refractivity contribution >= 4 is 12.4 Å². The van der Waals surface area contributed by atoms with Gasteiger partial charge in [-0.05, 0) is 30.5 Å². The lowest BCUT2D eigenvalue weighted by Crippen LogP contribution is -2.08. The minimum Gasteiger partial charge on any atom is -0.490 e. The van der Waals surface area contributed by atoms with E-state index >= 15 is 0 Å². The van der Waals surface area contributed by atoms with E-state index < -0.39 is 0 Å². The lowest BCUT2D eigenvalue weighted by Gasteiger charge is -2.12. The van der Waals surface area contributed by atoms with Gasteiger partial charge in [0.25, 0.3) is 0 Å². The highest BCUT2D eigenvalue weighted by Crippen LogP contribution is 2.22. The van der Waals surface area contributed by atoms with Gasteiger partial charge in [0, 0.05) is 6.04 Å². The molecule has 0 bridgehead atoms. The molecule has 16 heavy (non-hydrogen) atoms. The van der Waals surface area contributed by atoms with E-state index in [0.29, 0.717) is 18.3 Å². The van der Waals surface area contributed by atoms with Crippen LogP contribution >= 0.6 is 12.4 Å². The van der Waals surface area contributed by atoms with E-state index in [1.165, 1.54) is 6.07 Å². The van der Waals surface area contributed by atoms with Crippen LogP contribution in [-0.2, 0) is 0 Å². The third-order valence-corrected chi connectivity index (χ3v) is 2.05. The molecule has 1 rings (SSSR count). The molecule has 0 saturated heterocycles. The van der Waals surface area contributed by atoms with Gasteiger partial charge < -0.3 is 10.5 Å². The summed E-state index contributed by atoms with van der Waals surface area (Å²) in [5.74, 6) is 0.335. The molecule has 0 saturated carbocycles. The Kier molecular flexibility index (Phi) is 6.38. The number of ether oxygens (including phenoxy) is 1. The second kappa shape index (κ2) is 6.71. The van der Waals surface area contributed by atoms with Crippen LogP contribution in [0.1, 0.15) is 32.4 Å². The molecule has 0 spiro atoms. The molecule has 2 N–H and O–H groups in total. The molecule has 0 heterocycles. The van der Waals surface area contributed by atoms with Crippen molar-refractivity contribution in [3.8, 4) is 5.75 Å². The summed E-state index contributed by atoms with van der Waals surface area (Å²) < 4.78 is 18.7. The molecular formula is C12H19ClFNO. The van der Waals surface area contributed by atoms with Crippen molar-refractivity contribution in [1.82, 2.24) is 0 Å². The summed E-state index contributed by atoms with van der Waals surface area (Å²) in [4.78, 5) is 0. The molecule has 0 aromatic heterocycles. The molecule has 1 unspecified atom stereocenters. The second-order valence-corrected chi connectivity index (χ2v) is 4.18. The van der Waals surface area contributed by atoms with E-state index in [1.807, 2.05) is 20.8 Å². The average molecular weight is 248 g/mol. The molecule has 0 fully saturated rings. The Balaban J connectivity index is 0.00000225. The summed E-state index contributed by atoms with van der Waals surface area (Å²) in [6.07, 6.45) is 0. The summed E-state index contributed by atoms with van der Waals surface area (Å²) in [5, 5.41) is 0. The molecular weight excluding hydrogens is 229 g/mol. The minimum atomic E-state index is -0.333. The van der Waals surface area contributed by atoms with Crippen LogP contribution in [0.15, 0.2) is 18.2 Å². The van der Waals surface area contributed by atoms with Crippen LogP contribution in [0.2, 0.25) is 0 Å². The maximum Gasteiger partial charge on any atom is 0.165 e. The number of benzene rings is 1. The van der Waals surface area contributed by atoms with Crippen molar-refractivity contribution in [2.75, 3.05) is 6.61 Å². The zero-order chi connectivity index (χ0) is 11.4. The summed E-state index contributed by atoms with van der Waals surface area (Å²) in [6, 6.07) is 4.64. The van der Waals surface area contributed by atoms with Crippen LogP contribution in [0.4, 0.5) is 4.39 Å². The van der Waals surface area contributed by atoms with Crippen LogP contribution < -0.4 is 10.5 Å². The molecule has 1 aromatic carbocycles. The predicted octanol–water partition coefficient (Wildman–Crippen LogP) is 3.30. The maximum absolute atomic E-state index is 13.3. The van der Waals surface area contributed by atoms with Gasteiger partial charge in [0.15, 0.2) is 11.6 Å². The average Bonchev–Trinajstić information content (AvgIpc) is 2.16. The Bertz CT molecular complexity index is 329. The van der Waals surface area contributed by atoms with Crippen LogP contribution in [0, 0.1) is 11.7 Å². The quantitative estimate of drug-likeness (QED) is 0.886. The summed E-state index contributed by atoms with van der Waals surface area (Å²) in [5.41, 5.74) is 6.60. The van der Waals surface area contributed by atoms with E-state index in [9.17, 15) is 4.39 Å². The predicted molar refractivity (Wildman–Crippen MR) is 66.6 cm³/mol. The van der Waals surface area contributed by atoms with Crippen molar-refractivity contribution in [3.63, 3.8) is 0 Å². The lowest BCUT2D eigenvalue weighted by atomic mass is 10.1. The molecule has 2 nitrogen and oxygen atoms in total. The molecule has 0 aliphatic heterocycles. The van der Waals surface area contributed by atoms with Gasteiger partial charge in [-0.15, -0.1) is 12.4 Å². The van der Waals surface area contributed by atoms with E-state index in [1.54, 1.807) is 12.1 Å². The van der Waals surface area contributed by atoms with Gasteiger partial charge in [0.05, 0.1) is 6.61 Å². The van der Waals surface area contributed by atoms with Gasteiger partial charge in [0.1, 0.15) is 0 Å². The van der Waals surface area contributed by atoms with E-state index in [-0.39, 0.29) is 24.3 Å². The molecule has 0 amide bonds. The summed E-state index contributed by atoms with van der Waals surface area (Å²) in [7, 11) is 0. The Morgan fingerprint density at radius 3 is 2.44 bits per heavy atom. The van der Waals surface area contributed by atoms with Crippen molar-refractivity contribution in [2.45, 2.75) is 26.8 Å². The monoisotopic (exact) mass is 247 g/mol. The highest BCUT2D eigenvalue weighted by Gasteiger charge is 2.07. The Labute approximate surface area is 102 Å². The normalized spacial score (nSPS) is 12.1. The second-order valence-electron chi connectivity index (χ2n) is 4.18. The van der Waals surface area contributed by atoms with Crippen molar-refractivity contribution in [1.29, 1.82) is 0 Å². The van der Waals surface area contributed by atoms with Gasteiger partial charge >= 0.3 is 0 Å². The van der Waals surface area contributed by atoms with E-state index in [4.69, 9.17) is 10.5 Å². The SMILES string of the molecule is CC(C)COc1cc(C(C)N)ccc1F.Cl. The number of hydrogen-bond acceptors (Lipinski definition) is 2. The van der Waals surface area contributed by atoms with Gasteiger partial charge in [-0.3, -0.25) is 0 Å². The fraction of sp³-hybridized carbons (Fsp3) is 0.500. The van der Waals surface area contributed by atoms with Gasteiger partial charge in [0.2, 0.25) is 0 Å². The van der Waals surface area contributed by atoms with Gasteiger partial charge in [-0.25, -0.2) is 4.39 Å². The fourth-order valence-corrected chi connectivity index (χ4v) is 1.17. The summed E-state index contributed by atoms with van der Waals surface area (Å²) >= 11 is 0.